The Hall–Kier alpha value is -1.84. The molecule has 1 N–H and O–H groups in total. The van der Waals surface area contributed by atoms with Gasteiger partial charge in [0.1, 0.15) is 5.84 Å². The Balaban J connectivity index is 2.03. The van der Waals surface area contributed by atoms with Gasteiger partial charge in [-0.25, -0.2) is 0 Å². The molecule has 2 aromatic rings. The monoisotopic (exact) mass is 288 g/mol. The summed E-state index contributed by atoms with van der Waals surface area (Å²) in [5.74, 6) is 0.109. The summed E-state index contributed by atoms with van der Waals surface area (Å²) in [4.78, 5) is 4.95. The van der Waals surface area contributed by atoms with Gasteiger partial charge in [-0.1, -0.05) is 48.0 Å². The van der Waals surface area contributed by atoms with Gasteiger partial charge in [-0.05, 0) is 12.1 Å². The van der Waals surface area contributed by atoms with Crippen molar-refractivity contribution in [2.75, 3.05) is 13.0 Å². The van der Waals surface area contributed by atoms with Gasteiger partial charge in [0, 0.05) is 28.2 Å². The van der Waals surface area contributed by atoms with Crippen molar-refractivity contribution in [3.05, 3.63) is 70.2 Å². The molecule has 1 unspecified atom stereocenters. The van der Waals surface area contributed by atoms with Gasteiger partial charge in [0.25, 0.3) is 0 Å². The van der Waals surface area contributed by atoms with Crippen LogP contribution in [-0.2, 0) is 5.72 Å². The molecule has 0 fully saturated rings. The SMILES string of the molecule is [2H]C1([2H])N=C2c3ccccc3C(O)(c3ccc(Cl)cc3)N2C1([2H])[2H]. The molecule has 0 radical (unpaired) electrons. The molecule has 0 saturated heterocycles. The van der Waals surface area contributed by atoms with Crippen molar-refractivity contribution in [1.82, 2.24) is 4.90 Å². The van der Waals surface area contributed by atoms with E-state index in [1.807, 2.05) is 0 Å². The molecule has 0 spiro atoms. The van der Waals surface area contributed by atoms with E-state index in [2.05, 4.69) is 4.99 Å². The number of amidine groups is 1. The van der Waals surface area contributed by atoms with E-state index in [1.54, 1.807) is 48.5 Å². The molecule has 0 amide bonds. The standard InChI is InChI=1S/C16H13ClN2O/c17-12-7-5-11(6-8-12)16(20)14-4-2-1-3-13(14)15-18-9-10-19(15)16/h1-8,20H,9-10H2/i9D2,10D2. The van der Waals surface area contributed by atoms with Crippen LogP contribution in [0.5, 0.6) is 0 Å². The van der Waals surface area contributed by atoms with Crippen molar-refractivity contribution in [2.24, 2.45) is 4.99 Å². The predicted molar refractivity (Wildman–Crippen MR) is 79.0 cm³/mol. The first-order valence-corrected chi connectivity index (χ1v) is 6.56. The number of hydrogen-bond donors (Lipinski definition) is 1. The summed E-state index contributed by atoms with van der Waals surface area (Å²) in [6.07, 6.45) is 0. The molecule has 1 atom stereocenters. The molecule has 20 heavy (non-hydrogen) atoms. The molecule has 4 rings (SSSR count). The molecule has 100 valence electrons. The van der Waals surface area contributed by atoms with Crippen LogP contribution >= 0.6 is 11.6 Å². The lowest BCUT2D eigenvalue weighted by Gasteiger charge is -2.33. The molecule has 2 heterocycles. The first-order chi connectivity index (χ1) is 11.2. The summed E-state index contributed by atoms with van der Waals surface area (Å²) in [7, 11) is 0. The molecule has 0 aliphatic carbocycles. The number of halogens is 1. The highest BCUT2D eigenvalue weighted by Gasteiger charge is 2.49. The Labute approximate surface area is 127 Å². The maximum atomic E-state index is 11.5. The highest BCUT2D eigenvalue weighted by atomic mass is 35.5. The Morgan fingerprint density at radius 2 is 1.95 bits per heavy atom. The number of fused-ring (bicyclic) bond motifs is 3. The molecule has 2 aromatic carbocycles. The van der Waals surface area contributed by atoms with Crippen LogP contribution in [-0.4, -0.2) is 28.8 Å². The second-order valence-corrected chi connectivity index (χ2v) is 5.16. The van der Waals surface area contributed by atoms with Crippen LogP contribution < -0.4 is 0 Å². The average molecular weight is 289 g/mol. The Morgan fingerprint density at radius 3 is 2.75 bits per heavy atom. The fourth-order valence-electron chi connectivity index (χ4n) is 2.72. The smallest absolute Gasteiger partial charge is 0.193 e. The molecular weight excluding hydrogens is 272 g/mol. The van der Waals surface area contributed by atoms with Gasteiger partial charge >= 0.3 is 0 Å². The summed E-state index contributed by atoms with van der Waals surface area (Å²) in [6.45, 7) is -4.99. The molecule has 4 heteroatoms. The quantitative estimate of drug-likeness (QED) is 0.875. The third-order valence-corrected chi connectivity index (χ3v) is 3.90. The minimum atomic E-state index is -2.52. The summed E-state index contributed by atoms with van der Waals surface area (Å²) in [6, 6.07) is 13.3. The normalized spacial score (nSPS) is 31.5. The van der Waals surface area contributed by atoms with Crippen LogP contribution in [0, 0.1) is 0 Å². The van der Waals surface area contributed by atoms with Crippen LogP contribution in [0.3, 0.4) is 0 Å². The van der Waals surface area contributed by atoms with E-state index >= 15 is 0 Å². The Morgan fingerprint density at radius 1 is 1.20 bits per heavy atom. The number of benzene rings is 2. The molecule has 3 nitrogen and oxygen atoms in total. The van der Waals surface area contributed by atoms with E-state index in [0.717, 1.165) is 4.90 Å². The van der Waals surface area contributed by atoms with Gasteiger partial charge in [0.2, 0.25) is 0 Å². The maximum absolute atomic E-state index is 11.5. The number of rotatable bonds is 1. The van der Waals surface area contributed by atoms with Gasteiger partial charge in [-0.3, -0.25) is 4.99 Å². The van der Waals surface area contributed by atoms with Gasteiger partial charge in [0.15, 0.2) is 5.72 Å². The lowest BCUT2D eigenvalue weighted by Crippen LogP contribution is -2.43. The zero-order chi connectivity index (χ0) is 17.3. The number of nitrogens with zero attached hydrogens (tertiary/aromatic N) is 2. The van der Waals surface area contributed by atoms with Gasteiger partial charge in [-0.15, -0.1) is 0 Å². The second-order valence-electron chi connectivity index (χ2n) is 4.72. The van der Waals surface area contributed by atoms with Crippen molar-refractivity contribution in [2.45, 2.75) is 5.72 Å². The van der Waals surface area contributed by atoms with Crippen LogP contribution in [0.4, 0.5) is 0 Å². The minimum absolute atomic E-state index is 0.109. The van der Waals surface area contributed by atoms with Crippen LogP contribution in [0.1, 0.15) is 22.2 Å². The third-order valence-electron chi connectivity index (χ3n) is 3.65. The lowest BCUT2D eigenvalue weighted by molar-refractivity contribution is -0.0242. The Kier molecular flexibility index (Phi) is 1.72. The number of aliphatic hydroxyl groups is 1. The average Bonchev–Trinajstić information content (AvgIpc) is 2.89. The lowest BCUT2D eigenvalue weighted by atomic mass is 9.94. The molecule has 2 aliphatic heterocycles. The maximum Gasteiger partial charge on any atom is 0.193 e. The van der Waals surface area contributed by atoms with Crippen LogP contribution in [0.15, 0.2) is 53.5 Å². The van der Waals surface area contributed by atoms with E-state index in [1.165, 1.54) is 0 Å². The largest absolute Gasteiger partial charge is 0.363 e. The third kappa shape index (κ3) is 1.42. The van der Waals surface area contributed by atoms with E-state index in [0.29, 0.717) is 21.7 Å². The van der Waals surface area contributed by atoms with Crippen molar-refractivity contribution in [1.29, 1.82) is 0 Å². The molecule has 2 aliphatic rings. The number of aliphatic imine (C=N–C) groups is 1. The van der Waals surface area contributed by atoms with Crippen molar-refractivity contribution < 1.29 is 10.6 Å². The zero-order valence-corrected chi connectivity index (χ0v) is 11.1. The van der Waals surface area contributed by atoms with Gasteiger partial charge < -0.3 is 10.0 Å². The van der Waals surface area contributed by atoms with Crippen molar-refractivity contribution in [3.8, 4) is 0 Å². The number of hydrogen-bond acceptors (Lipinski definition) is 3. The predicted octanol–water partition coefficient (Wildman–Crippen LogP) is 2.61. The van der Waals surface area contributed by atoms with Crippen molar-refractivity contribution in [3.63, 3.8) is 0 Å². The highest BCUT2D eigenvalue weighted by molar-refractivity contribution is 6.30. The van der Waals surface area contributed by atoms with Crippen LogP contribution in [0.2, 0.25) is 5.02 Å². The first kappa shape index (κ1) is 8.45. The molecule has 0 bridgehead atoms. The molecular formula is C16H13ClN2O. The van der Waals surface area contributed by atoms with E-state index in [-0.39, 0.29) is 5.84 Å². The minimum Gasteiger partial charge on any atom is -0.363 e. The van der Waals surface area contributed by atoms with Gasteiger partial charge in [0.05, 0.1) is 12.0 Å². The highest BCUT2D eigenvalue weighted by Crippen LogP contribution is 2.43. The van der Waals surface area contributed by atoms with E-state index in [4.69, 9.17) is 17.1 Å². The van der Waals surface area contributed by atoms with Crippen molar-refractivity contribution >= 4 is 17.4 Å². The first-order valence-electron chi connectivity index (χ1n) is 8.18. The molecule has 0 saturated carbocycles. The van der Waals surface area contributed by atoms with Gasteiger partial charge in [-0.2, -0.15) is 0 Å². The summed E-state index contributed by atoms with van der Waals surface area (Å²) in [5, 5.41) is 12.0. The summed E-state index contributed by atoms with van der Waals surface area (Å²) < 4.78 is 32.4. The van der Waals surface area contributed by atoms with Crippen LogP contribution in [0.25, 0.3) is 0 Å². The van der Waals surface area contributed by atoms with E-state index < -0.39 is 18.7 Å². The Bertz CT molecular complexity index is 869. The fraction of sp³-hybridized carbons (Fsp3) is 0.188. The zero-order valence-electron chi connectivity index (χ0n) is 14.3. The fourth-order valence-corrected chi connectivity index (χ4v) is 2.84. The molecule has 0 aromatic heterocycles. The topological polar surface area (TPSA) is 35.8 Å². The second kappa shape index (κ2) is 4.08. The summed E-state index contributed by atoms with van der Waals surface area (Å²) >= 11 is 5.92. The summed E-state index contributed by atoms with van der Waals surface area (Å²) in [5.41, 5.74) is -0.496. The van der Waals surface area contributed by atoms with E-state index in [9.17, 15) is 5.11 Å².